The fourth-order valence-electron chi connectivity index (χ4n) is 2.31. The molecule has 134 valence electrons. The van der Waals surface area contributed by atoms with Crippen LogP contribution >= 0.6 is 0 Å². The van der Waals surface area contributed by atoms with Gasteiger partial charge in [-0.15, -0.1) is 4.36 Å². The van der Waals surface area contributed by atoms with Crippen molar-refractivity contribution in [3.63, 3.8) is 0 Å². The van der Waals surface area contributed by atoms with Gasteiger partial charge >= 0.3 is 6.03 Å². The summed E-state index contributed by atoms with van der Waals surface area (Å²) in [7, 11) is -2.86. The maximum atomic E-state index is 13.4. The van der Waals surface area contributed by atoms with Gasteiger partial charge in [0.25, 0.3) is 0 Å². The summed E-state index contributed by atoms with van der Waals surface area (Å²) >= 11 is 0. The van der Waals surface area contributed by atoms with E-state index in [1.807, 2.05) is 78.8 Å². The second-order valence-corrected chi connectivity index (χ2v) is 10.2. The van der Waals surface area contributed by atoms with E-state index < -0.39 is 20.5 Å². The van der Waals surface area contributed by atoms with Crippen LogP contribution in [0.2, 0.25) is 0 Å². The number of nitrogens with zero attached hydrogens (tertiary/aromatic N) is 2. The molecule has 0 unspecified atom stereocenters. The van der Waals surface area contributed by atoms with Crippen LogP contribution in [-0.2, 0) is 9.73 Å². The fourth-order valence-corrected chi connectivity index (χ4v) is 3.72. The van der Waals surface area contributed by atoms with E-state index in [-0.39, 0.29) is 12.1 Å². The number of carbonyl (C=O) groups excluding carboxylic acids is 1. The first-order valence-electron chi connectivity index (χ1n) is 8.30. The number of amides is 2. The molecule has 0 spiro atoms. The Bertz CT molecular complexity index is 684. The third kappa shape index (κ3) is 5.20. The molecular formula is C19H30N2O2S. The fraction of sp³-hybridized carbons (Fsp3) is 0.526. The highest BCUT2D eigenvalue weighted by atomic mass is 32.2. The Morgan fingerprint density at radius 2 is 1.58 bits per heavy atom. The van der Waals surface area contributed by atoms with Gasteiger partial charge in [-0.05, 0) is 60.1 Å². The van der Waals surface area contributed by atoms with E-state index in [9.17, 15) is 9.00 Å². The van der Waals surface area contributed by atoms with Crippen LogP contribution in [0.4, 0.5) is 4.79 Å². The smallest absolute Gasteiger partial charge is 0.318 e. The van der Waals surface area contributed by atoms with Crippen molar-refractivity contribution in [1.29, 1.82) is 0 Å². The molecule has 1 rings (SSSR count). The number of hydrogen-bond acceptors (Lipinski definition) is 2. The Kier molecular flexibility index (Phi) is 6.78. The van der Waals surface area contributed by atoms with E-state index in [2.05, 4.69) is 4.36 Å². The van der Waals surface area contributed by atoms with Crippen LogP contribution in [0.3, 0.4) is 0 Å². The minimum atomic E-state index is -2.86. The van der Waals surface area contributed by atoms with Gasteiger partial charge in [0, 0.05) is 17.5 Å². The van der Waals surface area contributed by atoms with Crippen LogP contribution < -0.4 is 0 Å². The lowest BCUT2D eigenvalue weighted by Crippen LogP contribution is -2.41. The third-order valence-electron chi connectivity index (χ3n) is 3.67. The van der Waals surface area contributed by atoms with Gasteiger partial charge in [0.2, 0.25) is 0 Å². The molecule has 1 aromatic rings. The van der Waals surface area contributed by atoms with Gasteiger partial charge in [-0.3, -0.25) is 0 Å². The molecule has 1 aromatic carbocycles. The summed E-state index contributed by atoms with van der Waals surface area (Å²) in [6, 6.07) is 9.20. The van der Waals surface area contributed by atoms with E-state index in [1.54, 1.807) is 16.4 Å². The Morgan fingerprint density at radius 3 is 2.00 bits per heavy atom. The van der Waals surface area contributed by atoms with Crippen LogP contribution in [0.15, 0.2) is 40.1 Å². The van der Waals surface area contributed by atoms with Crippen molar-refractivity contribution in [2.75, 3.05) is 0 Å². The number of urea groups is 1. The average Bonchev–Trinajstić information content (AvgIpc) is 2.44. The number of rotatable bonds is 4. The maximum absolute atomic E-state index is 13.4. The van der Waals surface area contributed by atoms with E-state index in [0.717, 1.165) is 5.56 Å². The molecule has 0 saturated carbocycles. The second-order valence-electron chi connectivity index (χ2n) is 7.36. The quantitative estimate of drug-likeness (QED) is 0.753. The van der Waals surface area contributed by atoms with Crippen LogP contribution in [0.5, 0.6) is 0 Å². The lowest BCUT2D eigenvalue weighted by atomic mass is 10.2. The molecule has 5 heteroatoms. The van der Waals surface area contributed by atoms with Gasteiger partial charge in [0.1, 0.15) is 0 Å². The van der Waals surface area contributed by atoms with Gasteiger partial charge in [0.15, 0.2) is 0 Å². The van der Waals surface area contributed by atoms with Crippen LogP contribution in [0.1, 0.15) is 54.0 Å². The lowest BCUT2D eigenvalue weighted by Gasteiger charge is -2.30. The molecule has 4 nitrogen and oxygen atoms in total. The van der Waals surface area contributed by atoms with Crippen molar-refractivity contribution in [2.45, 2.75) is 65.3 Å². The summed E-state index contributed by atoms with van der Waals surface area (Å²) < 4.78 is 17.0. The Morgan fingerprint density at radius 1 is 1.08 bits per heavy atom. The van der Waals surface area contributed by atoms with E-state index in [0.29, 0.717) is 0 Å². The zero-order chi connectivity index (χ0) is 18.5. The first-order valence-corrected chi connectivity index (χ1v) is 9.88. The number of hydrogen-bond donors (Lipinski definition) is 0. The second kappa shape index (κ2) is 7.97. The van der Waals surface area contributed by atoms with E-state index in [4.69, 9.17) is 0 Å². The van der Waals surface area contributed by atoms with Crippen LogP contribution in [-0.4, -0.2) is 32.0 Å². The summed E-state index contributed by atoms with van der Waals surface area (Å²) in [4.78, 5) is 14.3. The van der Waals surface area contributed by atoms with E-state index in [1.165, 1.54) is 0 Å². The molecule has 0 aliphatic rings. The number of carbonyl (C=O) groups is 1. The van der Waals surface area contributed by atoms with Crippen molar-refractivity contribution in [3.05, 3.63) is 41.3 Å². The van der Waals surface area contributed by atoms with Crippen molar-refractivity contribution >= 4 is 21.8 Å². The summed E-state index contributed by atoms with van der Waals surface area (Å²) in [6.07, 6.45) is 1.78. The van der Waals surface area contributed by atoms with Gasteiger partial charge in [0.05, 0.1) is 14.5 Å². The van der Waals surface area contributed by atoms with E-state index >= 15 is 0 Å². The van der Waals surface area contributed by atoms with Gasteiger partial charge in [-0.2, -0.15) is 0 Å². The Balaban J connectivity index is 3.33. The molecule has 0 aliphatic heterocycles. The molecule has 0 N–H and O–H groups in total. The average molecular weight is 351 g/mol. The molecule has 0 aliphatic carbocycles. The van der Waals surface area contributed by atoms with Crippen LogP contribution in [0, 0.1) is 0 Å². The molecule has 0 bridgehead atoms. The highest BCUT2D eigenvalue weighted by Crippen LogP contribution is 2.23. The summed E-state index contributed by atoms with van der Waals surface area (Å²) in [6.45, 7) is 13.3. The van der Waals surface area contributed by atoms with Crippen molar-refractivity contribution in [3.8, 4) is 0 Å². The first-order chi connectivity index (χ1) is 11.0. The topological polar surface area (TPSA) is 49.7 Å². The zero-order valence-corrected chi connectivity index (χ0v) is 16.6. The predicted molar refractivity (Wildman–Crippen MR) is 103 cm³/mol. The third-order valence-corrected chi connectivity index (χ3v) is 6.36. The normalized spacial score (nSPS) is 14.9. The Labute approximate surface area is 147 Å². The summed E-state index contributed by atoms with van der Waals surface area (Å²) in [5, 5.41) is 1.58. The summed E-state index contributed by atoms with van der Waals surface area (Å²) in [5.41, 5.74) is 0.932. The molecule has 24 heavy (non-hydrogen) atoms. The number of benzene rings is 1. The molecule has 0 radical (unpaired) electrons. The highest BCUT2D eigenvalue weighted by Gasteiger charge is 2.28. The van der Waals surface area contributed by atoms with Gasteiger partial charge in [-0.25, -0.2) is 9.00 Å². The lowest BCUT2D eigenvalue weighted by molar-refractivity contribution is 0.175. The van der Waals surface area contributed by atoms with Crippen molar-refractivity contribution in [1.82, 2.24) is 4.90 Å². The predicted octanol–water partition coefficient (Wildman–Crippen LogP) is 5.16. The van der Waals surface area contributed by atoms with Gasteiger partial charge in [-0.1, -0.05) is 30.3 Å². The Hall–Kier alpha value is -1.62. The van der Waals surface area contributed by atoms with Crippen molar-refractivity contribution < 1.29 is 9.00 Å². The molecule has 2 amide bonds. The minimum Gasteiger partial charge on any atom is -0.318 e. The van der Waals surface area contributed by atoms with Crippen LogP contribution in [0.25, 0.3) is 6.08 Å². The SMILES string of the molecule is CC(C)N(C(=O)N=[S@](=O)(/C=C/c1ccccc1)C(C)(C)C)C(C)C. The highest BCUT2D eigenvalue weighted by molar-refractivity contribution is 7.98. The van der Waals surface area contributed by atoms with Gasteiger partial charge < -0.3 is 4.90 Å². The standard InChI is InChI=1S/C19H30N2O2S/c1-15(2)21(16(3)4)18(22)20-24(23,19(5,6)7)14-13-17-11-9-8-10-12-17/h8-16H,1-7H3/b14-13+/t24-/m0/s1. The molecule has 1 atom stereocenters. The largest absolute Gasteiger partial charge is 0.352 e. The molecule has 0 fully saturated rings. The monoisotopic (exact) mass is 350 g/mol. The molecule has 0 heterocycles. The summed E-state index contributed by atoms with van der Waals surface area (Å²) in [5.74, 6) is 0. The molecule has 0 saturated heterocycles. The zero-order valence-electron chi connectivity index (χ0n) is 15.8. The first kappa shape index (κ1) is 20.4. The minimum absolute atomic E-state index is 0.00275. The maximum Gasteiger partial charge on any atom is 0.352 e. The molecule has 0 aromatic heterocycles. The molecular weight excluding hydrogens is 320 g/mol. The van der Waals surface area contributed by atoms with Crippen molar-refractivity contribution in [2.24, 2.45) is 4.36 Å².